The highest BCUT2D eigenvalue weighted by Crippen LogP contribution is 2.30. The van der Waals surface area contributed by atoms with Gasteiger partial charge in [0.15, 0.2) is 15.0 Å². The molecule has 1 aliphatic rings. The maximum absolute atomic E-state index is 13.3. The molecule has 0 N–H and O–H groups in total. The number of aryl methyl sites for hydroxylation is 1. The van der Waals surface area contributed by atoms with Crippen molar-refractivity contribution < 1.29 is 17.9 Å². The molecule has 7 nitrogen and oxygen atoms in total. The Labute approximate surface area is 198 Å². The minimum absolute atomic E-state index is 0.156. The molecule has 1 amide bonds. The topological polar surface area (TPSA) is 79.8 Å². The number of morpholine rings is 1. The van der Waals surface area contributed by atoms with Gasteiger partial charge in [-0.2, -0.15) is 0 Å². The zero-order chi connectivity index (χ0) is 23.3. The highest BCUT2D eigenvalue weighted by molar-refractivity contribution is 7.92. The van der Waals surface area contributed by atoms with Gasteiger partial charge in [0, 0.05) is 26.2 Å². The van der Waals surface area contributed by atoms with E-state index in [0.29, 0.717) is 11.7 Å². The van der Waals surface area contributed by atoms with Crippen LogP contribution in [0.15, 0.2) is 53.4 Å². The number of carbonyl (C=O) groups excluding carboxylic acids is 1. The third kappa shape index (κ3) is 5.97. The summed E-state index contributed by atoms with van der Waals surface area (Å²) in [4.78, 5) is 22.0. The fraction of sp³-hybridized carbons (Fsp3) is 0.417. The smallest absolute Gasteiger partial charge is 0.244 e. The van der Waals surface area contributed by atoms with E-state index in [2.05, 4.69) is 22.9 Å². The molecule has 9 heteroatoms. The Morgan fingerprint density at radius 1 is 1.15 bits per heavy atom. The molecular weight excluding hydrogens is 458 g/mol. The lowest BCUT2D eigenvalue weighted by atomic mass is 10.2. The van der Waals surface area contributed by atoms with Crippen LogP contribution in [0.25, 0.3) is 10.2 Å². The van der Waals surface area contributed by atoms with Crippen molar-refractivity contribution in [3.8, 4) is 0 Å². The molecule has 3 aromatic rings. The van der Waals surface area contributed by atoms with Gasteiger partial charge >= 0.3 is 0 Å². The van der Waals surface area contributed by atoms with E-state index in [1.54, 1.807) is 23.1 Å². The minimum Gasteiger partial charge on any atom is -0.379 e. The molecule has 4 rings (SSSR count). The standard InChI is InChI=1S/C24H29N3O4S2/c1-2-19-9-10-21-22(17-19)32-24(25-21)27(12-6-11-26-13-15-31-16-14-26)23(28)18-33(29,30)20-7-4-3-5-8-20/h3-5,7-10,17H,2,6,11-16,18H2,1H3. The molecular formula is C24H29N3O4S2. The van der Waals surface area contributed by atoms with Gasteiger partial charge in [0.05, 0.1) is 28.3 Å². The second-order valence-electron chi connectivity index (χ2n) is 8.08. The van der Waals surface area contributed by atoms with E-state index >= 15 is 0 Å². The molecule has 0 spiro atoms. The van der Waals surface area contributed by atoms with Gasteiger partial charge in [-0.05, 0) is 42.7 Å². The zero-order valence-electron chi connectivity index (χ0n) is 18.8. The van der Waals surface area contributed by atoms with Crippen LogP contribution in [0.2, 0.25) is 0 Å². The number of hydrogen-bond acceptors (Lipinski definition) is 7. The van der Waals surface area contributed by atoms with Crippen LogP contribution in [0.3, 0.4) is 0 Å². The van der Waals surface area contributed by atoms with E-state index in [9.17, 15) is 13.2 Å². The third-order valence-corrected chi connectivity index (χ3v) is 8.42. The van der Waals surface area contributed by atoms with Gasteiger partial charge in [0.25, 0.3) is 0 Å². The molecule has 1 aromatic heterocycles. The molecule has 2 aromatic carbocycles. The number of carbonyl (C=O) groups is 1. The van der Waals surface area contributed by atoms with Crippen molar-refractivity contribution in [2.45, 2.75) is 24.7 Å². The Morgan fingerprint density at radius 2 is 1.91 bits per heavy atom. The number of rotatable bonds is 9. The number of thiazole rings is 1. The fourth-order valence-electron chi connectivity index (χ4n) is 3.85. The highest BCUT2D eigenvalue weighted by Gasteiger charge is 2.26. The maximum Gasteiger partial charge on any atom is 0.244 e. The third-order valence-electron chi connectivity index (χ3n) is 5.76. The largest absolute Gasteiger partial charge is 0.379 e. The molecule has 33 heavy (non-hydrogen) atoms. The average Bonchev–Trinajstić information content (AvgIpc) is 3.25. The van der Waals surface area contributed by atoms with Crippen LogP contribution in [0.4, 0.5) is 5.13 Å². The Kier molecular flexibility index (Phi) is 7.75. The second-order valence-corrected chi connectivity index (χ2v) is 11.1. The van der Waals surface area contributed by atoms with Crippen molar-refractivity contribution in [3.05, 3.63) is 54.1 Å². The van der Waals surface area contributed by atoms with Crippen molar-refractivity contribution >= 4 is 42.4 Å². The number of benzene rings is 2. The summed E-state index contributed by atoms with van der Waals surface area (Å²) in [6, 6.07) is 14.2. The second kappa shape index (κ2) is 10.7. The summed E-state index contributed by atoms with van der Waals surface area (Å²) in [5.41, 5.74) is 2.03. The van der Waals surface area contributed by atoms with Crippen molar-refractivity contribution in [1.29, 1.82) is 0 Å². The molecule has 0 atom stereocenters. The van der Waals surface area contributed by atoms with Crippen LogP contribution in [-0.4, -0.2) is 69.4 Å². The van der Waals surface area contributed by atoms with Crippen molar-refractivity contribution in [2.75, 3.05) is 50.0 Å². The van der Waals surface area contributed by atoms with Gasteiger partial charge in [0.1, 0.15) is 5.75 Å². The van der Waals surface area contributed by atoms with Gasteiger partial charge in [-0.15, -0.1) is 0 Å². The zero-order valence-corrected chi connectivity index (χ0v) is 20.4. The molecule has 0 radical (unpaired) electrons. The molecule has 1 aliphatic heterocycles. The van der Waals surface area contributed by atoms with E-state index < -0.39 is 21.5 Å². The lowest BCUT2D eigenvalue weighted by molar-refractivity contribution is -0.116. The molecule has 0 saturated carbocycles. The molecule has 2 heterocycles. The SMILES string of the molecule is CCc1ccc2nc(N(CCCN3CCOCC3)C(=O)CS(=O)(=O)c3ccccc3)sc2c1. The molecule has 0 aliphatic carbocycles. The maximum atomic E-state index is 13.3. The summed E-state index contributed by atoms with van der Waals surface area (Å²) in [5.74, 6) is -1.03. The Balaban J connectivity index is 1.55. The molecule has 0 bridgehead atoms. The number of hydrogen-bond donors (Lipinski definition) is 0. The molecule has 1 saturated heterocycles. The Bertz CT molecular complexity index is 1190. The summed E-state index contributed by atoms with van der Waals surface area (Å²) < 4.78 is 32.1. The molecule has 176 valence electrons. The first kappa shape index (κ1) is 23.8. The number of nitrogens with zero attached hydrogens (tertiary/aromatic N) is 3. The van der Waals surface area contributed by atoms with E-state index in [4.69, 9.17) is 4.74 Å². The number of anilines is 1. The normalized spacial score (nSPS) is 15.1. The summed E-state index contributed by atoms with van der Waals surface area (Å²) >= 11 is 1.44. The van der Waals surface area contributed by atoms with E-state index in [1.165, 1.54) is 29.0 Å². The van der Waals surface area contributed by atoms with Crippen LogP contribution in [0.1, 0.15) is 18.9 Å². The molecule has 0 unspecified atom stereocenters. The number of ether oxygens (including phenoxy) is 1. The predicted molar refractivity (Wildman–Crippen MR) is 132 cm³/mol. The van der Waals surface area contributed by atoms with Gasteiger partial charge < -0.3 is 4.74 Å². The van der Waals surface area contributed by atoms with Crippen LogP contribution in [0.5, 0.6) is 0 Å². The van der Waals surface area contributed by atoms with E-state index in [0.717, 1.165) is 55.9 Å². The predicted octanol–water partition coefficient (Wildman–Crippen LogP) is 3.39. The first-order chi connectivity index (χ1) is 16.0. The van der Waals surface area contributed by atoms with Crippen LogP contribution < -0.4 is 4.90 Å². The van der Waals surface area contributed by atoms with Crippen LogP contribution in [0, 0.1) is 0 Å². The first-order valence-electron chi connectivity index (χ1n) is 11.2. The summed E-state index contributed by atoms with van der Waals surface area (Å²) in [7, 11) is -3.74. The van der Waals surface area contributed by atoms with Crippen LogP contribution >= 0.6 is 11.3 Å². The monoisotopic (exact) mass is 487 g/mol. The highest BCUT2D eigenvalue weighted by atomic mass is 32.2. The minimum atomic E-state index is -3.74. The lowest BCUT2D eigenvalue weighted by Gasteiger charge is -2.27. The average molecular weight is 488 g/mol. The summed E-state index contributed by atoms with van der Waals surface area (Å²) in [6.45, 7) is 6.52. The number of aromatic nitrogens is 1. The summed E-state index contributed by atoms with van der Waals surface area (Å²) in [5, 5.41) is 0.550. The van der Waals surface area contributed by atoms with E-state index in [1.807, 2.05) is 12.1 Å². The quantitative estimate of drug-likeness (QED) is 0.460. The Morgan fingerprint density at radius 3 is 2.64 bits per heavy atom. The lowest BCUT2D eigenvalue weighted by Crippen LogP contribution is -2.40. The van der Waals surface area contributed by atoms with Gasteiger partial charge in [0.2, 0.25) is 5.91 Å². The van der Waals surface area contributed by atoms with Crippen molar-refractivity contribution in [3.63, 3.8) is 0 Å². The van der Waals surface area contributed by atoms with Crippen molar-refractivity contribution in [1.82, 2.24) is 9.88 Å². The van der Waals surface area contributed by atoms with Crippen molar-refractivity contribution in [2.24, 2.45) is 0 Å². The van der Waals surface area contributed by atoms with Gasteiger partial charge in [-0.3, -0.25) is 14.6 Å². The van der Waals surface area contributed by atoms with Gasteiger partial charge in [-0.1, -0.05) is 42.5 Å². The number of amides is 1. The summed E-state index contributed by atoms with van der Waals surface area (Å²) in [6.07, 6.45) is 1.65. The van der Waals surface area contributed by atoms with Crippen LogP contribution in [-0.2, 0) is 25.8 Å². The number of sulfone groups is 1. The Hall–Kier alpha value is -2.33. The number of fused-ring (bicyclic) bond motifs is 1. The van der Waals surface area contributed by atoms with Gasteiger partial charge in [-0.25, -0.2) is 13.4 Å². The fourth-order valence-corrected chi connectivity index (χ4v) is 6.14. The van der Waals surface area contributed by atoms with E-state index in [-0.39, 0.29) is 4.90 Å². The first-order valence-corrected chi connectivity index (χ1v) is 13.7. The molecule has 1 fully saturated rings.